The lowest BCUT2D eigenvalue weighted by atomic mass is 9.95. The van der Waals surface area contributed by atoms with Crippen LogP contribution in [0, 0.1) is 17.2 Å². The number of halogens is 1. The highest BCUT2D eigenvalue weighted by Crippen LogP contribution is 2.24. The standard InChI is InChI=1S/C18H16ClN3O2S/c19-15-10-14(4-3-13(15)11-20)21-17(23)12-5-7-22(8-6-12)18(24)16-2-1-9-25-16/h1-4,9-10,12H,5-8H2,(H,21,23). The van der Waals surface area contributed by atoms with Crippen LogP contribution in [0.4, 0.5) is 5.69 Å². The van der Waals surface area contributed by atoms with Crippen LogP contribution in [0.2, 0.25) is 5.02 Å². The van der Waals surface area contributed by atoms with E-state index in [9.17, 15) is 9.59 Å². The van der Waals surface area contributed by atoms with Crippen molar-refractivity contribution in [2.45, 2.75) is 12.8 Å². The van der Waals surface area contributed by atoms with E-state index in [-0.39, 0.29) is 17.7 Å². The Bertz CT molecular complexity index is 821. The number of carbonyl (C=O) groups is 2. The second-order valence-corrected chi connectivity index (χ2v) is 7.19. The third-order valence-electron chi connectivity index (χ3n) is 4.24. The zero-order valence-electron chi connectivity index (χ0n) is 13.4. The van der Waals surface area contributed by atoms with Crippen molar-refractivity contribution in [2.24, 2.45) is 5.92 Å². The van der Waals surface area contributed by atoms with Gasteiger partial charge in [-0.25, -0.2) is 0 Å². The van der Waals surface area contributed by atoms with Gasteiger partial charge in [-0.15, -0.1) is 11.3 Å². The fourth-order valence-electron chi connectivity index (χ4n) is 2.83. The van der Waals surface area contributed by atoms with Gasteiger partial charge in [-0.3, -0.25) is 9.59 Å². The number of amides is 2. The Morgan fingerprint density at radius 2 is 2.04 bits per heavy atom. The maximum atomic E-state index is 12.4. The predicted molar refractivity (Wildman–Crippen MR) is 97.7 cm³/mol. The van der Waals surface area contributed by atoms with Crippen molar-refractivity contribution in [2.75, 3.05) is 18.4 Å². The molecule has 0 radical (unpaired) electrons. The van der Waals surface area contributed by atoms with Gasteiger partial charge in [0.05, 0.1) is 15.5 Å². The van der Waals surface area contributed by atoms with Crippen molar-refractivity contribution in [1.82, 2.24) is 4.90 Å². The molecule has 7 heteroatoms. The Balaban J connectivity index is 1.56. The van der Waals surface area contributed by atoms with Gasteiger partial charge in [0, 0.05) is 24.7 Å². The fourth-order valence-corrected chi connectivity index (χ4v) is 3.74. The molecule has 0 saturated carbocycles. The topological polar surface area (TPSA) is 73.2 Å². The molecule has 2 heterocycles. The van der Waals surface area contributed by atoms with Crippen LogP contribution in [0.15, 0.2) is 35.7 Å². The number of nitrogens with one attached hydrogen (secondary N) is 1. The molecule has 0 bridgehead atoms. The van der Waals surface area contributed by atoms with E-state index in [0.717, 1.165) is 4.88 Å². The molecule has 2 amide bonds. The Morgan fingerprint density at radius 3 is 2.64 bits per heavy atom. The molecule has 1 aromatic heterocycles. The summed E-state index contributed by atoms with van der Waals surface area (Å²) in [6, 6.07) is 10.5. The van der Waals surface area contributed by atoms with Gasteiger partial charge in [0.1, 0.15) is 6.07 Å². The molecule has 1 aliphatic rings. The quantitative estimate of drug-likeness (QED) is 0.890. The van der Waals surface area contributed by atoms with Crippen LogP contribution in [-0.2, 0) is 4.79 Å². The first-order valence-electron chi connectivity index (χ1n) is 7.92. The summed E-state index contributed by atoms with van der Waals surface area (Å²) in [5, 5.41) is 13.9. The van der Waals surface area contributed by atoms with Crippen LogP contribution >= 0.6 is 22.9 Å². The highest BCUT2D eigenvalue weighted by atomic mass is 35.5. The summed E-state index contributed by atoms with van der Waals surface area (Å²) in [4.78, 5) is 27.3. The van der Waals surface area contributed by atoms with E-state index in [4.69, 9.17) is 16.9 Å². The molecule has 2 aromatic rings. The summed E-state index contributed by atoms with van der Waals surface area (Å²) in [6.07, 6.45) is 1.26. The maximum Gasteiger partial charge on any atom is 0.263 e. The Morgan fingerprint density at radius 1 is 1.28 bits per heavy atom. The highest BCUT2D eigenvalue weighted by molar-refractivity contribution is 7.12. The van der Waals surface area contributed by atoms with Crippen molar-refractivity contribution in [3.8, 4) is 6.07 Å². The second kappa shape index (κ2) is 7.68. The van der Waals surface area contributed by atoms with Crippen LogP contribution in [0.25, 0.3) is 0 Å². The first-order chi connectivity index (χ1) is 12.1. The number of anilines is 1. The molecule has 3 rings (SSSR count). The molecular formula is C18H16ClN3O2S. The molecule has 0 unspecified atom stereocenters. The number of nitriles is 1. The molecule has 25 heavy (non-hydrogen) atoms. The molecule has 5 nitrogen and oxygen atoms in total. The van der Waals surface area contributed by atoms with Crippen molar-refractivity contribution >= 4 is 40.4 Å². The van der Waals surface area contributed by atoms with Gasteiger partial charge in [-0.05, 0) is 42.5 Å². The molecule has 1 aromatic carbocycles. The molecular weight excluding hydrogens is 358 g/mol. The predicted octanol–water partition coefficient (Wildman–Crippen LogP) is 3.76. The van der Waals surface area contributed by atoms with E-state index >= 15 is 0 Å². The Labute approximate surface area is 154 Å². The smallest absolute Gasteiger partial charge is 0.263 e. The number of hydrogen-bond acceptors (Lipinski definition) is 4. The number of nitrogens with zero attached hydrogens (tertiary/aromatic N) is 2. The summed E-state index contributed by atoms with van der Waals surface area (Å²) < 4.78 is 0. The number of piperidine rings is 1. The van der Waals surface area contributed by atoms with Gasteiger partial charge in [0.25, 0.3) is 5.91 Å². The van der Waals surface area contributed by atoms with E-state index in [1.807, 2.05) is 23.6 Å². The minimum absolute atomic E-state index is 0.0349. The van der Waals surface area contributed by atoms with Gasteiger partial charge < -0.3 is 10.2 Å². The van der Waals surface area contributed by atoms with E-state index in [1.54, 1.807) is 23.1 Å². The number of likely N-dealkylation sites (tertiary alicyclic amines) is 1. The summed E-state index contributed by atoms with van der Waals surface area (Å²) >= 11 is 7.42. The largest absolute Gasteiger partial charge is 0.338 e. The minimum Gasteiger partial charge on any atom is -0.338 e. The average molecular weight is 374 g/mol. The van der Waals surface area contributed by atoms with Crippen molar-refractivity contribution in [3.05, 3.63) is 51.2 Å². The first-order valence-corrected chi connectivity index (χ1v) is 9.17. The molecule has 128 valence electrons. The van der Waals surface area contributed by atoms with Crippen LogP contribution in [0.1, 0.15) is 28.1 Å². The van der Waals surface area contributed by atoms with E-state index in [0.29, 0.717) is 42.2 Å². The lowest BCUT2D eigenvalue weighted by Crippen LogP contribution is -2.41. The maximum absolute atomic E-state index is 12.4. The summed E-state index contributed by atoms with van der Waals surface area (Å²) in [7, 11) is 0. The summed E-state index contributed by atoms with van der Waals surface area (Å²) in [5.41, 5.74) is 0.950. The Kier molecular flexibility index (Phi) is 5.37. The van der Waals surface area contributed by atoms with Gasteiger partial charge in [-0.2, -0.15) is 5.26 Å². The molecule has 0 atom stereocenters. The number of hydrogen-bond donors (Lipinski definition) is 1. The number of thiophene rings is 1. The van der Waals surface area contributed by atoms with Gasteiger partial charge in [0.2, 0.25) is 5.91 Å². The number of rotatable bonds is 3. The molecule has 1 N–H and O–H groups in total. The van der Waals surface area contributed by atoms with Crippen molar-refractivity contribution in [1.29, 1.82) is 5.26 Å². The third kappa shape index (κ3) is 4.01. The molecule has 1 saturated heterocycles. The average Bonchev–Trinajstić information content (AvgIpc) is 3.16. The summed E-state index contributed by atoms with van der Waals surface area (Å²) in [6.45, 7) is 1.14. The normalized spacial score (nSPS) is 14.8. The second-order valence-electron chi connectivity index (χ2n) is 5.84. The number of benzene rings is 1. The van der Waals surface area contributed by atoms with E-state index < -0.39 is 0 Å². The lowest BCUT2D eigenvalue weighted by Gasteiger charge is -2.31. The monoisotopic (exact) mass is 373 g/mol. The van der Waals surface area contributed by atoms with E-state index in [2.05, 4.69) is 5.32 Å². The highest BCUT2D eigenvalue weighted by Gasteiger charge is 2.28. The van der Waals surface area contributed by atoms with Gasteiger partial charge in [-0.1, -0.05) is 17.7 Å². The van der Waals surface area contributed by atoms with Gasteiger partial charge >= 0.3 is 0 Å². The number of carbonyl (C=O) groups excluding carboxylic acids is 2. The zero-order valence-corrected chi connectivity index (χ0v) is 14.9. The SMILES string of the molecule is N#Cc1ccc(NC(=O)C2CCN(C(=O)c3cccs3)CC2)cc1Cl. The van der Waals surface area contributed by atoms with Crippen LogP contribution < -0.4 is 5.32 Å². The van der Waals surface area contributed by atoms with Crippen molar-refractivity contribution < 1.29 is 9.59 Å². The molecule has 0 aliphatic carbocycles. The first kappa shape index (κ1) is 17.5. The molecule has 1 fully saturated rings. The molecule has 0 spiro atoms. The van der Waals surface area contributed by atoms with Crippen LogP contribution in [0.3, 0.4) is 0 Å². The minimum atomic E-state index is -0.137. The lowest BCUT2D eigenvalue weighted by molar-refractivity contribution is -0.121. The van der Waals surface area contributed by atoms with Crippen LogP contribution in [0.5, 0.6) is 0 Å². The zero-order chi connectivity index (χ0) is 17.8. The van der Waals surface area contributed by atoms with Gasteiger partial charge in [0.15, 0.2) is 0 Å². The summed E-state index contributed by atoms with van der Waals surface area (Å²) in [5.74, 6) is -0.182. The van der Waals surface area contributed by atoms with Crippen LogP contribution in [-0.4, -0.2) is 29.8 Å². The fraction of sp³-hybridized carbons (Fsp3) is 0.278. The van der Waals surface area contributed by atoms with E-state index in [1.165, 1.54) is 11.3 Å². The third-order valence-corrected chi connectivity index (χ3v) is 5.41. The Hall–Kier alpha value is -2.36. The molecule has 1 aliphatic heterocycles. The van der Waals surface area contributed by atoms with Crippen molar-refractivity contribution in [3.63, 3.8) is 0 Å².